The average Bonchev–Trinajstić information content (AvgIpc) is 2.32. The first kappa shape index (κ1) is 20.5. The average molecular weight is 337 g/mol. The molecule has 4 nitrogen and oxygen atoms in total. The Balaban J connectivity index is 4.67. The fourth-order valence-corrected chi connectivity index (χ4v) is 16.5. The topological polar surface area (TPSA) is 70.5 Å². The van der Waals surface area contributed by atoms with Crippen LogP contribution in [-0.2, 0) is 8.23 Å². The molecule has 0 bridgehead atoms. The first-order chi connectivity index (χ1) is 9.10. The van der Waals surface area contributed by atoms with Crippen LogP contribution in [0.15, 0.2) is 0 Å². The van der Waals surface area contributed by atoms with Crippen molar-refractivity contribution < 1.29 is 8.23 Å². The number of rotatable bonds is 11. The summed E-state index contributed by atoms with van der Waals surface area (Å²) in [5, 5.41) is 0. The SMILES string of the molecule is CC[Si](C)(O[Si](C)(C)CCCN)O[Si](C)(C)CCCN. The smallest absolute Gasteiger partial charge is 0.314 e. The highest BCUT2D eigenvalue weighted by Gasteiger charge is 2.41. The van der Waals surface area contributed by atoms with Gasteiger partial charge >= 0.3 is 8.56 Å². The molecule has 0 amide bonds. The second-order valence-corrected chi connectivity index (χ2v) is 19.6. The zero-order chi connectivity index (χ0) is 15.9. The van der Waals surface area contributed by atoms with Gasteiger partial charge in [0.1, 0.15) is 0 Å². The standard InChI is InChI=1S/C13H36N2O2Si3/c1-7-20(6,16-18(2,3)12-8-10-14)17-19(4,5)13-9-11-15/h7-15H2,1-6H3. The molecule has 122 valence electrons. The first-order valence-corrected chi connectivity index (χ1v) is 16.7. The Labute approximate surface area is 129 Å². The number of nitrogens with two attached hydrogens (primary N) is 2. The van der Waals surface area contributed by atoms with Gasteiger partial charge in [0.2, 0.25) is 0 Å². The lowest BCUT2D eigenvalue weighted by atomic mass is 10.5. The Hall–Kier alpha value is 0.491. The van der Waals surface area contributed by atoms with Crippen LogP contribution < -0.4 is 11.5 Å². The van der Waals surface area contributed by atoms with Crippen molar-refractivity contribution in [1.82, 2.24) is 0 Å². The van der Waals surface area contributed by atoms with E-state index in [1.165, 1.54) is 0 Å². The van der Waals surface area contributed by atoms with Crippen molar-refractivity contribution >= 4 is 25.2 Å². The largest absolute Gasteiger partial charge is 0.436 e. The van der Waals surface area contributed by atoms with Gasteiger partial charge in [-0.1, -0.05) is 6.92 Å². The molecule has 0 radical (unpaired) electrons. The van der Waals surface area contributed by atoms with Gasteiger partial charge < -0.3 is 19.7 Å². The maximum atomic E-state index is 6.60. The van der Waals surface area contributed by atoms with Crippen LogP contribution in [0.5, 0.6) is 0 Å². The Morgan fingerprint density at radius 1 is 0.750 bits per heavy atom. The summed E-state index contributed by atoms with van der Waals surface area (Å²) in [4.78, 5) is 0. The molecule has 0 aromatic carbocycles. The van der Waals surface area contributed by atoms with Crippen molar-refractivity contribution in [2.75, 3.05) is 13.1 Å². The molecule has 0 atom stereocenters. The maximum absolute atomic E-state index is 6.60. The second kappa shape index (κ2) is 8.82. The fraction of sp³-hybridized carbons (Fsp3) is 1.00. The highest BCUT2D eigenvalue weighted by atomic mass is 28.5. The Bertz CT molecular complexity index is 254. The predicted octanol–water partition coefficient (Wildman–Crippen LogP) is 3.22. The summed E-state index contributed by atoms with van der Waals surface area (Å²) in [5.41, 5.74) is 11.3. The molecule has 0 aliphatic carbocycles. The molecule has 4 N–H and O–H groups in total. The van der Waals surface area contributed by atoms with Crippen LogP contribution in [0.3, 0.4) is 0 Å². The van der Waals surface area contributed by atoms with Crippen LogP contribution >= 0.6 is 0 Å². The molecular weight excluding hydrogens is 300 g/mol. The molecule has 0 rings (SSSR count). The normalized spacial score (nSPS) is 13.8. The van der Waals surface area contributed by atoms with Gasteiger partial charge in [-0.05, 0) is 76.8 Å². The van der Waals surface area contributed by atoms with Crippen LogP contribution in [0.25, 0.3) is 0 Å². The van der Waals surface area contributed by atoms with E-state index in [1.807, 2.05) is 0 Å². The van der Waals surface area contributed by atoms with E-state index in [1.54, 1.807) is 0 Å². The molecule has 0 aromatic heterocycles. The molecule has 0 aromatic rings. The van der Waals surface area contributed by atoms with Crippen molar-refractivity contribution in [2.45, 2.75) is 70.6 Å². The first-order valence-electron chi connectivity index (χ1n) is 7.90. The van der Waals surface area contributed by atoms with Gasteiger partial charge in [0, 0.05) is 0 Å². The predicted molar refractivity (Wildman–Crippen MR) is 96.2 cm³/mol. The Kier molecular flexibility index (Phi) is 9.03. The van der Waals surface area contributed by atoms with Gasteiger partial charge in [0.05, 0.1) is 0 Å². The third-order valence-corrected chi connectivity index (χ3v) is 15.9. The van der Waals surface area contributed by atoms with E-state index in [2.05, 4.69) is 39.7 Å². The third kappa shape index (κ3) is 8.71. The van der Waals surface area contributed by atoms with Crippen LogP contribution in [-0.4, -0.2) is 38.3 Å². The molecule has 0 heterocycles. The minimum absolute atomic E-state index is 0.752. The Morgan fingerprint density at radius 3 is 1.35 bits per heavy atom. The van der Waals surface area contributed by atoms with Crippen LogP contribution in [0.2, 0.25) is 50.9 Å². The van der Waals surface area contributed by atoms with Crippen molar-refractivity contribution in [1.29, 1.82) is 0 Å². The lowest BCUT2D eigenvalue weighted by molar-refractivity contribution is 0.378. The lowest BCUT2D eigenvalue weighted by Gasteiger charge is -2.40. The van der Waals surface area contributed by atoms with E-state index in [-0.39, 0.29) is 0 Å². The van der Waals surface area contributed by atoms with Gasteiger partial charge in [-0.25, -0.2) is 0 Å². The molecule has 0 saturated carbocycles. The van der Waals surface area contributed by atoms with Gasteiger partial charge in [0.15, 0.2) is 16.6 Å². The molecule has 0 aliphatic rings. The highest BCUT2D eigenvalue weighted by Crippen LogP contribution is 2.28. The minimum atomic E-state index is -2.05. The quantitative estimate of drug-likeness (QED) is 0.568. The number of hydrogen-bond donors (Lipinski definition) is 2. The van der Waals surface area contributed by atoms with E-state index in [9.17, 15) is 0 Å². The summed E-state index contributed by atoms with van der Waals surface area (Å²) in [7, 11) is -5.37. The summed E-state index contributed by atoms with van der Waals surface area (Å²) >= 11 is 0. The van der Waals surface area contributed by atoms with E-state index in [0.717, 1.165) is 44.1 Å². The van der Waals surface area contributed by atoms with E-state index < -0.39 is 25.2 Å². The zero-order valence-electron chi connectivity index (χ0n) is 14.4. The molecular formula is C13H36N2O2Si3. The maximum Gasteiger partial charge on any atom is 0.314 e. The monoisotopic (exact) mass is 336 g/mol. The Morgan fingerprint density at radius 2 is 1.10 bits per heavy atom. The molecule has 0 unspecified atom stereocenters. The van der Waals surface area contributed by atoms with E-state index >= 15 is 0 Å². The molecule has 20 heavy (non-hydrogen) atoms. The van der Waals surface area contributed by atoms with Crippen molar-refractivity contribution in [3.63, 3.8) is 0 Å². The zero-order valence-corrected chi connectivity index (χ0v) is 17.4. The molecule has 0 spiro atoms. The van der Waals surface area contributed by atoms with E-state index in [0.29, 0.717) is 0 Å². The van der Waals surface area contributed by atoms with Crippen molar-refractivity contribution in [2.24, 2.45) is 11.5 Å². The van der Waals surface area contributed by atoms with E-state index in [4.69, 9.17) is 19.7 Å². The van der Waals surface area contributed by atoms with Gasteiger partial charge in [-0.15, -0.1) is 0 Å². The lowest BCUT2D eigenvalue weighted by Crippen LogP contribution is -2.54. The third-order valence-electron chi connectivity index (χ3n) is 3.59. The number of hydrogen-bond acceptors (Lipinski definition) is 4. The fourth-order valence-electron chi connectivity index (χ4n) is 2.49. The van der Waals surface area contributed by atoms with Gasteiger partial charge in [-0.2, -0.15) is 0 Å². The second-order valence-electron chi connectivity index (χ2n) is 7.00. The molecule has 7 heteroatoms. The molecule has 0 aliphatic heterocycles. The summed E-state index contributed by atoms with van der Waals surface area (Å²) in [6.07, 6.45) is 2.11. The summed E-state index contributed by atoms with van der Waals surface area (Å²) in [6, 6.07) is 3.27. The summed E-state index contributed by atoms with van der Waals surface area (Å²) < 4.78 is 13.2. The molecule has 0 saturated heterocycles. The van der Waals surface area contributed by atoms with Gasteiger partial charge in [-0.3, -0.25) is 0 Å². The van der Waals surface area contributed by atoms with Crippen LogP contribution in [0.1, 0.15) is 19.8 Å². The highest BCUT2D eigenvalue weighted by molar-refractivity contribution is 6.88. The minimum Gasteiger partial charge on any atom is -0.436 e. The van der Waals surface area contributed by atoms with Crippen molar-refractivity contribution in [3.05, 3.63) is 0 Å². The van der Waals surface area contributed by atoms with Crippen LogP contribution in [0.4, 0.5) is 0 Å². The summed E-state index contributed by atoms with van der Waals surface area (Å²) in [6.45, 7) is 15.1. The molecule has 0 fully saturated rings. The van der Waals surface area contributed by atoms with Gasteiger partial charge in [0.25, 0.3) is 0 Å². The van der Waals surface area contributed by atoms with Crippen molar-refractivity contribution in [3.8, 4) is 0 Å². The summed E-state index contributed by atoms with van der Waals surface area (Å²) in [5.74, 6) is 0. The van der Waals surface area contributed by atoms with Crippen LogP contribution in [0, 0.1) is 0 Å².